The van der Waals surface area contributed by atoms with Crippen LogP contribution in [0.4, 0.5) is 5.69 Å². The van der Waals surface area contributed by atoms with Gasteiger partial charge in [0.25, 0.3) is 0 Å². The molecular weight excluding hydrogens is 334 g/mol. The van der Waals surface area contributed by atoms with Gasteiger partial charge >= 0.3 is 0 Å². The molecule has 0 saturated carbocycles. The summed E-state index contributed by atoms with van der Waals surface area (Å²) in [6, 6.07) is 12.6. The molecule has 3 nitrogen and oxygen atoms in total. The van der Waals surface area contributed by atoms with E-state index in [1.807, 2.05) is 12.1 Å². The zero-order chi connectivity index (χ0) is 19.5. The summed E-state index contributed by atoms with van der Waals surface area (Å²) in [5.74, 6) is 1.41. The number of nitrogens with zero attached hydrogens (tertiary/aromatic N) is 1. The van der Waals surface area contributed by atoms with E-state index in [1.54, 1.807) is 0 Å². The average Bonchev–Trinajstić information content (AvgIpc) is 3.13. The molecule has 3 heteroatoms. The molecule has 1 aromatic heterocycles. The summed E-state index contributed by atoms with van der Waals surface area (Å²) in [6.45, 7) is 15.4. The second-order valence-corrected chi connectivity index (χ2v) is 9.02. The van der Waals surface area contributed by atoms with Gasteiger partial charge in [0.15, 0.2) is 11.8 Å². The van der Waals surface area contributed by atoms with E-state index >= 15 is 0 Å². The molecule has 0 fully saturated rings. The van der Waals surface area contributed by atoms with Crippen molar-refractivity contribution in [3.63, 3.8) is 0 Å². The minimum absolute atomic E-state index is 0.0431. The predicted octanol–water partition coefficient (Wildman–Crippen LogP) is 6.99. The van der Waals surface area contributed by atoms with E-state index in [4.69, 9.17) is 9.15 Å². The molecule has 2 aromatic carbocycles. The van der Waals surface area contributed by atoms with E-state index in [2.05, 4.69) is 77.6 Å². The lowest BCUT2D eigenvalue weighted by Crippen LogP contribution is -2.41. The van der Waals surface area contributed by atoms with Crippen molar-refractivity contribution in [3.05, 3.63) is 53.4 Å². The SMILES string of the molecule is CC1=C(C(C)C)OC(C(C)(C)C)N1c1c(C)ccc2c1oc1ccccc12. The fourth-order valence-electron chi connectivity index (χ4n) is 4.13. The summed E-state index contributed by atoms with van der Waals surface area (Å²) < 4.78 is 12.9. The number of para-hydroxylation sites is 1. The Labute approximate surface area is 161 Å². The Morgan fingerprint density at radius 2 is 1.67 bits per heavy atom. The molecule has 0 N–H and O–H groups in total. The second kappa shape index (κ2) is 6.05. The molecule has 1 unspecified atom stereocenters. The van der Waals surface area contributed by atoms with Crippen molar-refractivity contribution in [2.45, 2.75) is 54.7 Å². The Balaban J connectivity index is 2.02. The van der Waals surface area contributed by atoms with Crippen LogP contribution in [0.1, 0.15) is 47.1 Å². The molecular formula is C24H29NO2. The van der Waals surface area contributed by atoms with Gasteiger partial charge in [-0.1, -0.05) is 65.0 Å². The summed E-state index contributed by atoms with van der Waals surface area (Å²) in [5, 5.41) is 2.32. The molecule has 0 aliphatic carbocycles. The first-order valence-electron chi connectivity index (χ1n) is 9.77. The Hall–Kier alpha value is -2.42. The topological polar surface area (TPSA) is 25.6 Å². The summed E-state index contributed by atoms with van der Waals surface area (Å²) in [4.78, 5) is 2.36. The number of anilines is 1. The van der Waals surface area contributed by atoms with Crippen LogP contribution in [0.3, 0.4) is 0 Å². The molecule has 142 valence electrons. The van der Waals surface area contributed by atoms with E-state index in [-0.39, 0.29) is 11.6 Å². The maximum atomic E-state index is 6.51. The van der Waals surface area contributed by atoms with Crippen LogP contribution >= 0.6 is 0 Å². The van der Waals surface area contributed by atoms with Gasteiger partial charge in [-0.25, -0.2) is 0 Å². The summed E-state index contributed by atoms with van der Waals surface area (Å²) in [5.41, 5.74) is 5.33. The van der Waals surface area contributed by atoms with Crippen molar-refractivity contribution >= 4 is 27.6 Å². The van der Waals surface area contributed by atoms with E-state index in [9.17, 15) is 0 Å². The van der Waals surface area contributed by atoms with Gasteiger partial charge in [-0.05, 0) is 25.5 Å². The van der Waals surface area contributed by atoms with E-state index in [0.29, 0.717) is 5.92 Å². The van der Waals surface area contributed by atoms with Crippen LogP contribution in [0.15, 0.2) is 52.3 Å². The van der Waals surface area contributed by atoms with Crippen LogP contribution in [-0.2, 0) is 4.74 Å². The van der Waals surface area contributed by atoms with Gasteiger partial charge in [0.1, 0.15) is 11.3 Å². The number of ether oxygens (including phenoxy) is 1. The third-order valence-corrected chi connectivity index (χ3v) is 5.42. The maximum absolute atomic E-state index is 6.51. The third-order valence-electron chi connectivity index (χ3n) is 5.42. The van der Waals surface area contributed by atoms with Crippen LogP contribution < -0.4 is 4.90 Å². The van der Waals surface area contributed by atoms with Gasteiger partial charge in [0, 0.05) is 22.1 Å². The van der Waals surface area contributed by atoms with Crippen molar-refractivity contribution in [1.82, 2.24) is 0 Å². The van der Waals surface area contributed by atoms with Crippen molar-refractivity contribution in [2.24, 2.45) is 11.3 Å². The number of aryl methyl sites for hydroxylation is 1. The molecule has 1 atom stereocenters. The van der Waals surface area contributed by atoms with Crippen LogP contribution in [0.2, 0.25) is 0 Å². The molecule has 3 aromatic rings. The number of benzene rings is 2. The maximum Gasteiger partial charge on any atom is 0.180 e. The zero-order valence-electron chi connectivity index (χ0n) is 17.4. The van der Waals surface area contributed by atoms with E-state index < -0.39 is 0 Å². The van der Waals surface area contributed by atoms with Gasteiger partial charge in [-0.15, -0.1) is 0 Å². The first-order valence-corrected chi connectivity index (χ1v) is 9.77. The minimum Gasteiger partial charge on any atom is -0.472 e. The Morgan fingerprint density at radius 1 is 0.963 bits per heavy atom. The highest BCUT2D eigenvalue weighted by Crippen LogP contribution is 2.46. The van der Waals surface area contributed by atoms with Crippen LogP contribution in [0.25, 0.3) is 21.9 Å². The van der Waals surface area contributed by atoms with Crippen LogP contribution in [-0.4, -0.2) is 6.23 Å². The van der Waals surface area contributed by atoms with E-state index in [0.717, 1.165) is 33.4 Å². The molecule has 4 rings (SSSR count). The Kier molecular flexibility index (Phi) is 4.03. The lowest BCUT2D eigenvalue weighted by atomic mass is 9.92. The fourth-order valence-corrected chi connectivity index (χ4v) is 4.13. The Bertz CT molecular complexity index is 1050. The van der Waals surface area contributed by atoms with Gasteiger partial charge in [-0.2, -0.15) is 0 Å². The number of hydrogen-bond acceptors (Lipinski definition) is 3. The first kappa shape index (κ1) is 18.0. The van der Waals surface area contributed by atoms with Crippen molar-refractivity contribution in [2.75, 3.05) is 4.90 Å². The number of allylic oxidation sites excluding steroid dienone is 2. The van der Waals surface area contributed by atoms with Gasteiger partial charge in [0.2, 0.25) is 0 Å². The monoisotopic (exact) mass is 363 g/mol. The molecule has 2 heterocycles. The van der Waals surface area contributed by atoms with Crippen molar-refractivity contribution in [3.8, 4) is 0 Å². The van der Waals surface area contributed by atoms with Gasteiger partial charge < -0.3 is 14.1 Å². The van der Waals surface area contributed by atoms with Crippen molar-refractivity contribution in [1.29, 1.82) is 0 Å². The fraction of sp³-hybridized carbons (Fsp3) is 0.417. The number of rotatable bonds is 2. The lowest BCUT2D eigenvalue weighted by Gasteiger charge is -2.36. The highest BCUT2D eigenvalue weighted by molar-refractivity contribution is 6.09. The smallest absolute Gasteiger partial charge is 0.180 e. The van der Waals surface area contributed by atoms with Crippen LogP contribution in [0.5, 0.6) is 0 Å². The van der Waals surface area contributed by atoms with Crippen LogP contribution in [0, 0.1) is 18.3 Å². The number of furan rings is 1. The molecule has 1 aliphatic heterocycles. The van der Waals surface area contributed by atoms with Gasteiger partial charge in [-0.3, -0.25) is 0 Å². The normalized spacial score (nSPS) is 18.2. The molecule has 0 spiro atoms. The summed E-state index contributed by atoms with van der Waals surface area (Å²) >= 11 is 0. The second-order valence-electron chi connectivity index (χ2n) is 9.02. The van der Waals surface area contributed by atoms with Gasteiger partial charge in [0.05, 0.1) is 11.4 Å². The lowest BCUT2D eigenvalue weighted by molar-refractivity contribution is 0.0402. The molecule has 0 bridgehead atoms. The summed E-state index contributed by atoms with van der Waals surface area (Å²) in [6.07, 6.45) is -0.0626. The zero-order valence-corrected chi connectivity index (χ0v) is 17.4. The molecule has 1 aliphatic rings. The number of hydrogen-bond donors (Lipinski definition) is 0. The molecule has 27 heavy (non-hydrogen) atoms. The Morgan fingerprint density at radius 3 is 2.33 bits per heavy atom. The molecule has 0 amide bonds. The number of fused-ring (bicyclic) bond motifs is 3. The highest BCUT2D eigenvalue weighted by atomic mass is 16.5. The minimum atomic E-state index is -0.0626. The van der Waals surface area contributed by atoms with E-state index in [1.165, 1.54) is 11.3 Å². The van der Waals surface area contributed by atoms with Crippen molar-refractivity contribution < 1.29 is 9.15 Å². The quantitative estimate of drug-likeness (QED) is 0.490. The first-order chi connectivity index (χ1) is 12.7. The summed E-state index contributed by atoms with van der Waals surface area (Å²) in [7, 11) is 0. The predicted molar refractivity (Wildman–Crippen MR) is 113 cm³/mol. The highest BCUT2D eigenvalue weighted by Gasteiger charge is 2.42. The third kappa shape index (κ3) is 2.72. The average molecular weight is 364 g/mol. The molecule has 0 saturated heterocycles. The standard InChI is InChI=1S/C24H29NO2/c1-14(2)21-16(4)25(23(27-21)24(5,6)7)20-15(3)12-13-18-17-10-8-9-11-19(17)26-22(18)20/h8-14,23H,1-7H3. The largest absolute Gasteiger partial charge is 0.472 e. The molecule has 0 radical (unpaired) electrons.